The number of carbonyl (C=O) groups is 1. The van der Waals surface area contributed by atoms with Crippen molar-refractivity contribution in [2.24, 2.45) is 0 Å². The zero-order valence-corrected chi connectivity index (χ0v) is 9.67. The molecule has 3 rings (SSSR count). The van der Waals surface area contributed by atoms with E-state index in [-0.39, 0.29) is 17.6 Å². The van der Waals surface area contributed by atoms with Crippen LogP contribution < -0.4 is 4.74 Å². The molecule has 1 N–H and O–H groups in total. The lowest BCUT2D eigenvalue weighted by Gasteiger charge is -2.25. The quantitative estimate of drug-likeness (QED) is 0.616. The summed E-state index contributed by atoms with van der Waals surface area (Å²) >= 11 is 0. The fourth-order valence-corrected chi connectivity index (χ4v) is 2.34. The lowest BCUT2D eigenvalue weighted by Crippen LogP contribution is -2.20. The van der Waals surface area contributed by atoms with Gasteiger partial charge in [-0.3, -0.25) is 4.79 Å². The number of benzene rings is 2. The second-order valence-electron chi connectivity index (χ2n) is 4.34. The van der Waals surface area contributed by atoms with Crippen LogP contribution in [0.1, 0.15) is 23.5 Å². The van der Waals surface area contributed by atoms with Gasteiger partial charge in [0.05, 0.1) is 6.42 Å². The Bertz CT molecular complexity index is 590. The number of ether oxygens (including phenoxy) is 1. The van der Waals surface area contributed by atoms with Gasteiger partial charge in [0.2, 0.25) is 0 Å². The van der Waals surface area contributed by atoms with Crippen LogP contribution in [-0.2, 0) is 4.79 Å². The lowest BCUT2D eigenvalue weighted by atomic mass is 9.86. The first-order chi connectivity index (χ1) is 8.75. The van der Waals surface area contributed by atoms with Crippen molar-refractivity contribution in [3.63, 3.8) is 0 Å². The number of rotatable bonds is 1. The summed E-state index contributed by atoms with van der Waals surface area (Å²) in [4.78, 5) is 11.6. The summed E-state index contributed by atoms with van der Waals surface area (Å²) in [5, 5.41) is 9.76. The van der Waals surface area contributed by atoms with Crippen LogP contribution in [0, 0.1) is 0 Å². The second-order valence-corrected chi connectivity index (χ2v) is 4.34. The van der Waals surface area contributed by atoms with E-state index in [2.05, 4.69) is 0 Å². The molecule has 0 saturated heterocycles. The van der Waals surface area contributed by atoms with Gasteiger partial charge >= 0.3 is 5.97 Å². The average Bonchev–Trinajstić information content (AvgIpc) is 2.40. The van der Waals surface area contributed by atoms with Crippen molar-refractivity contribution in [1.29, 1.82) is 0 Å². The monoisotopic (exact) mass is 240 g/mol. The fraction of sp³-hybridized carbons (Fsp3) is 0.133. The Morgan fingerprint density at radius 2 is 1.83 bits per heavy atom. The molecular weight excluding hydrogens is 228 g/mol. The van der Waals surface area contributed by atoms with Gasteiger partial charge < -0.3 is 9.84 Å². The Hall–Kier alpha value is -2.29. The molecule has 3 nitrogen and oxygen atoms in total. The van der Waals surface area contributed by atoms with Crippen molar-refractivity contribution in [2.45, 2.75) is 12.3 Å². The highest BCUT2D eigenvalue weighted by atomic mass is 16.5. The molecule has 0 aliphatic carbocycles. The first-order valence-electron chi connectivity index (χ1n) is 5.83. The minimum atomic E-state index is -0.308. The van der Waals surface area contributed by atoms with Crippen LogP contribution in [0.3, 0.4) is 0 Å². The van der Waals surface area contributed by atoms with Gasteiger partial charge in [0, 0.05) is 11.5 Å². The molecular formula is C15H12O3. The highest BCUT2D eigenvalue weighted by Gasteiger charge is 2.29. The summed E-state index contributed by atoms with van der Waals surface area (Å²) in [6.07, 6.45) is 0.306. The zero-order chi connectivity index (χ0) is 12.5. The van der Waals surface area contributed by atoms with Gasteiger partial charge in [-0.05, 0) is 11.6 Å². The summed E-state index contributed by atoms with van der Waals surface area (Å²) in [7, 11) is 0. The third-order valence-corrected chi connectivity index (χ3v) is 3.19. The topological polar surface area (TPSA) is 46.5 Å². The largest absolute Gasteiger partial charge is 0.504 e. The van der Waals surface area contributed by atoms with Crippen LogP contribution in [0.5, 0.6) is 11.5 Å². The number of fused-ring (bicyclic) bond motifs is 1. The zero-order valence-electron chi connectivity index (χ0n) is 9.67. The molecule has 1 unspecified atom stereocenters. The number of phenolic OH excluding ortho intramolecular Hbond substituents is 1. The van der Waals surface area contributed by atoms with Crippen LogP contribution in [0.4, 0.5) is 0 Å². The van der Waals surface area contributed by atoms with Crippen LogP contribution in [0.15, 0.2) is 48.5 Å². The van der Waals surface area contributed by atoms with Crippen molar-refractivity contribution in [3.05, 3.63) is 59.7 Å². The van der Waals surface area contributed by atoms with Crippen molar-refractivity contribution in [1.82, 2.24) is 0 Å². The summed E-state index contributed by atoms with van der Waals surface area (Å²) in [6, 6.07) is 15.0. The molecule has 90 valence electrons. The van der Waals surface area contributed by atoms with Crippen molar-refractivity contribution < 1.29 is 14.6 Å². The molecule has 1 atom stereocenters. The maximum atomic E-state index is 11.6. The van der Waals surface area contributed by atoms with E-state index in [0.717, 1.165) is 11.1 Å². The van der Waals surface area contributed by atoms with E-state index in [0.29, 0.717) is 12.2 Å². The predicted molar refractivity (Wildman–Crippen MR) is 66.6 cm³/mol. The molecule has 0 bridgehead atoms. The SMILES string of the molecule is O=C1CC(c2ccccc2)c2cccc(O)c2O1. The maximum Gasteiger partial charge on any atom is 0.312 e. The number of para-hydroxylation sites is 1. The molecule has 1 aliphatic rings. The summed E-state index contributed by atoms with van der Waals surface area (Å²) in [6.45, 7) is 0. The van der Waals surface area contributed by atoms with Gasteiger partial charge in [0.15, 0.2) is 11.5 Å². The van der Waals surface area contributed by atoms with E-state index >= 15 is 0 Å². The minimum Gasteiger partial charge on any atom is -0.504 e. The molecule has 1 aliphatic heterocycles. The summed E-state index contributed by atoms with van der Waals surface area (Å²) in [5.74, 6) is -0.0449. The standard InChI is InChI=1S/C15H12O3/c16-13-8-4-7-11-12(9-14(17)18-15(11)13)10-5-2-1-3-6-10/h1-8,12,16H,9H2. The number of hydrogen-bond donors (Lipinski definition) is 1. The van der Waals surface area contributed by atoms with Gasteiger partial charge in [-0.1, -0.05) is 42.5 Å². The van der Waals surface area contributed by atoms with E-state index in [1.165, 1.54) is 6.07 Å². The Morgan fingerprint density at radius 1 is 1.06 bits per heavy atom. The molecule has 2 aromatic carbocycles. The highest BCUT2D eigenvalue weighted by molar-refractivity contribution is 5.78. The Kier molecular flexibility index (Phi) is 2.52. The molecule has 0 aromatic heterocycles. The second kappa shape index (κ2) is 4.18. The minimum absolute atomic E-state index is 0.0153. The fourth-order valence-electron chi connectivity index (χ4n) is 2.34. The van der Waals surface area contributed by atoms with Gasteiger partial charge in [0.1, 0.15) is 0 Å². The maximum absolute atomic E-state index is 11.6. The summed E-state index contributed by atoms with van der Waals surface area (Å²) in [5.41, 5.74) is 1.92. The van der Waals surface area contributed by atoms with Gasteiger partial charge in [0.25, 0.3) is 0 Å². The average molecular weight is 240 g/mol. The number of aromatic hydroxyl groups is 1. The highest BCUT2D eigenvalue weighted by Crippen LogP contribution is 2.42. The molecule has 3 heteroatoms. The molecule has 18 heavy (non-hydrogen) atoms. The first-order valence-corrected chi connectivity index (χ1v) is 5.83. The van der Waals surface area contributed by atoms with Gasteiger partial charge in [-0.15, -0.1) is 0 Å². The first kappa shape index (κ1) is 10.8. The number of hydrogen-bond acceptors (Lipinski definition) is 3. The Balaban J connectivity index is 2.14. The van der Waals surface area contributed by atoms with Crippen LogP contribution in [0.2, 0.25) is 0 Å². The molecule has 0 saturated carbocycles. The van der Waals surface area contributed by atoms with Crippen molar-refractivity contribution in [3.8, 4) is 11.5 Å². The van der Waals surface area contributed by atoms with Crippen LogP contribution in [-0.4, -0.2) is 11.1 Å². The number of esters is 1. The number of phenols is 1. The van der Waals surface area contributed by atoms with E-state index in [9.17, 15) is 9.90 Å². The Labute approximate surface area is 105 Å². The predicted octanol–water partition coefficient (Wildman–Crippen LogP) is 2.83. The van der Waals surface area contributed by atoms with Gasteiger partial charge in [-0.2, -0.15) is 0 Å². The van der Waals surface area contributed by atoms with Crippen LogP contribution in [0.25, 0.3) is 0 Å². The van der Waals surface area contributed by atoms with Crippen molar-refractivity contribution in [2.75, 3.05) is 0 Å². The molecule has 0 radical (unpaired) electrons. The lowest BCUT2D eigenvalue weighted by molar-refractivity contribution is -0.135. The smallest absolute Gasteiger partial charge is 0.312 e. The van der Waals surface area contributed by atoms with Gasteiger partial charge in [-0.25, -0.2) is 0 Å². The van der Waals surface area contributed by atoms with Crippen LogP contribution >= 0.6 is 0 Å². The van der Waals surface area contributed by atoms with E-state index in [1.807, 2.05) is 36.4 Å². The molecule has 1 heterocycles. The normalized spacial score (nSPS) is 18.0. The Morgan fingerprint density at radius 3 is 2.61 bits per heavy atom. The molecule has 0 fully saturated rings. The third-order valence-electron chi connectivity index (χ3n) is 3.19. The number of carbonyl (C=O) groups excluding carboxylic acids is 1. The third kappa shape index (κ3) is 1.74. The summed E-state index contributed by atoms with van der Waals surface area (Å²) < 4.78 is 5.13. The van der Waals surface area contributed by atoms with E-state index in [4.69, 9.17) is 4.74 Å². The molecule has 2 aromatic rings. The molecule has 0 spiro atoms. The van der Waals surface area contributed by atoms with E-state index in [1.54, 1.807) is 6.07 Å². The van der Waals surface area contributed by atoms with E-state index < -0.39 is 0 Å². The van der Waals surface area contributed by atoms with Crippen molar-refractivity contribution >= 4 is 5.97 Å². The molecule has 0 amide bonds.